The number of pyridine rings is 1. The van der Waals surface area contributed by atoms with Gasteiger partial charge in [-0.15, -0.1) is 16.4 Å². The molecule has 0 aliphatic rings. The standard InChI is InChI=1S/C29H32N6OS/c1-5-29(3,4)35-27(31-32-33-35)26(24-17-22-14-13-20(2)16-25(22)30-28(24)36)34(19-23-12-9-15-37-23)18-21-10-7-6-8-11-21/h6-17,26H,5,18-19H2,1-4H3,(H,30,36)/t26-/m0/s1. The van der Waals surface area contributed by atoms with E-state index < -0.39 is 6.04 Å². The first-order chi connectivity index (χ1) is 17.9. The number of nitrogens with one attached hydrogen (secondary N) is 1. The number of tetrazole rings is 1. The maximum atomic E-state index is 13.7. The van der Waals surface area contributed by atoms with Crippen LogP contribution < -0.4 is 5.56 Å². The highest BCUT2D eigenvalue weighted by Crippen LogP contribution is 2.33. The van der Waals surface area contributed by atoms with Crippen molar-refractivity contribution in [2.24, 2.45) is 0 Å². The quantitative estimate of drug-likeness (QED) is 0.269. The summed E-state index contributed by atoms with van der Waals surface area (Å²) in [5, 5.41) is 16.1. The molecule has 0 spiro atoms. The summed E-state index contributed by atoms with van der Waals surface area (Å²) in [5.74, 6) is 0.663. The average Bonchev–Trinajstić information content (AvgIpc) is 3.58. The number of rotatable bonds is 9. The second kappa shape index (κ2) is 10.4. The van der Waals surface area contributed by atoms with Gasteiger partial charge in [-0.1, -0.05) is 55.5 Å². The summed E-state index contributed by atoms with van der Waals surface area (Å²) in [6.07, 6.45) is 0.842. The monoisotopic (exact) mass is 512 g/mol. The summed E-state index contributed by atoms with van der Waals surface area (Å²) in [6.45, 7) is 9.68. The van der Waals surface area contributed by atoms with Gasteiger partial charge >= 0.3 is 0 Å². The first kappa shape index (κ1) is 25.0. The number of nitrogens with zero attached hydrogens (tertiary/aromatic N) is 5. The molecule has 1 N–H and O–H groups in total. The van der Waals surface area contributed by atoms with E-state index in [1.165, 1.54) is 4.88 Å². The van der Waals surface area contributed by atoms with Gasteiger partial charge in [0.15, 0.2) is 5.82 Å². The molecule has 3 aromatic heterocycles. The zero-order valence-electron chi connectivity index (χ0n) is 21.7. The van der Waals surface area contributed by atoms with Crippen molar-refractivity contribution in [3.8, 4) is 0 Å². The Kier molecular flexibility index (Phi) is 7.04. The molecule has 3 heterocycles. The fraction of sp³-hybridized carbons (Fsp3) is 0.310. The predicted molar refractivity (Wildman–Crippen MR) is 149 cm³/mol. The fourth-order valence-corrected chi connectivity index (χ4v) is 5.37. The van der Waals surface area contributed by atoms with Crippen molar-refractivity contribution in [1.29, 1.82) is 0 Å². The van der Waals surface area contributed by atoms with E-state index in [4.69, 9.17) is 0 Å². The molecule has 190 valence electrons. The van der Waals surface area contributed by atoms with Crippen molar-refractivity contribution < 1.29 is 0 Å². The Balaban J connectivity index is 1.73. The lowest BCUT2D eigenvalue weighted by Crippen LogP contribution is -2.37. The lowest BCUT2D eigenvalue weighted by molar-refractivity contribution is 0.182. The Morgan fingerprint density at radius 1 is 1.05 bits per heavy atom. The molecule has 37 heavy (non-hydrogen) atoms. The average molecular weight is 513 g/mol. The molecule has 0 aliphatic heterocycles. The molecule has 2 aromatic carbocycles. The molecule has 1 atom stereocenters. The molecule has 8 heteroatoms. The number of aryl methyl sites for hydroxylation is 1. The molecule has 0 amide bonds. The maximum absolute atomic E-state index is 13.7. The first-order valence-electron chi connectivity index (χ1n) is 12.6. The minimum absolute atomic E-state index is 0.129. The summed E-state index contributed by atoms with van der Waals surface area (Å²) in [5.41, 5.74) is 3.27. The van der Waals surface area contributed by atoms with Crippen molar-refractivity contribution in [3.63, 3.8) is 0 Å². The Hall–Kier alpha value is -3.62. The number of hydrogen-bond donors (Lipinski definition) is 1. The van der Waals surface area contributed by atoms with Crippen molar-refractivity contribution in [1.82, 2.24) is 30.1 Å². The molecular weight excluding hydrogens is 480 g/mol. The van der Waals surface area contributed by atoms with E-state index >= 15 is 0 Å². The summed E-state index contributed by atoms with van der Waals surface area (Å²) in [4.78, 5) is 20.4. The molecule has 0 unspecified atom stereocenters. The highest BCUT2D eigenvalue weighted by molar-refractivity contribution is 7.09. The lowest BCUT2D eigenvalue weighted by atomic mass is 9.98. The first-order valence-corrected chi connectivity index (χ1v) is 13.5. The molecular formula is C29H32N6OS. The fourth-order valence-electron chi connectivity index (χ4n) is 4.64. The summed E-state index contributed by atoms with van der Waals surface area (Å²) >= 11 is 1.71. The van der Waals surface area contributed by atoms with Gasteiger partial charge in [-0.05, 0) is 77.7 Å². The van der Waals surface area contributed by atoms with Gasteiger partial charge in [-0.25, -0.2) is 4.68 Å². The third-order valence-electron chi connectivity index (χ3n) is 7.03. The van der Waals surface area contributed by atoms with Gasteiger partial charge in [-0.2, -0.15) is 0 Å². The number of aromatic amines is 1. The van der Waals surface area contributed by atoms with E-state index in [1.54, 1.807) is 11.3 Å². The van der Waals surface area contributed by atoms with Gasteiger partial charge in [0.1, 0.15) is 6.04 Å². The molecule has 0 radical (unpaired) electrons. The molecule has 0 saturated carbocycles. The van der Waals surface area contributed by atoms with Crippen LogP contribution in [-0.4, -0.2) is 30.1 Å². The van der Waals surface area contributed by atoms with E-state index in [2.05, 4.69) is 88.0 Å². The predicted octanol–water partition coefficient (Wildman–Crippen LogP) is 5.82. The molecule has 5 aromatic rings. The zero-order valence-corrected chi connectivity index (χ0v) is 22.5. The normalized spacial score (nSPS) is 12.9. The van der Waals surface area contributed by atoms with Crippen molar-refractivity contribution >= 4 is 22.2 Å². The van der Waals surface area contributed by atoms with Crippen LogP contribution in [0.2, 0.25) is 0 Å². The molecule has 0 saturated heterocycles. The number of thiophene rings is 1. The molecule has 0 fully saturated rings. The highest BCUT2D eigenvalue weighted by atomic mass is 32.1. The van der Waals surface area contributed by atoms with Gasteiger partial charge in [0.2, 0.25) is 0 Å². The van der Waals surface area contributed by atoms with Gasteiger partial charge < -0.3 is 4.98 Å². The molecule has 0 bridgehead atoms. The van der Waals surface area contributed by atoms with Crippen LogP contribution in [0.4, 0.5) is 0 Å². The topological polar surface area (TPSA) is 79.7 Å². The smallest absolute Gasteiger partial charge is 0.253 e. The van der Waals surface area contributed by atoms with Crippen molar-refractivity contribution in [2.75, 3.05) is 0 Å². The second-order valence-corrected chi connectivity index (χ2v) is 11.2. The number of aromatic nitrogens is 5. The molecule has 5 rings (SSSR count). The van der Waals surface area contributed by atoms with Crippen molar-refractivity contribution in [3.05, 3.63) is 110 Å². The van der Waals surface area contributed by atoms with Crippen LogP contribution in [0.3, 0.4) is 0 Å². The zero-order chi connectivity index (χ0) is 26.0. The van der Waals surface area contributed by atoms with Crippen LogP contribution in [0.15, 0.2) is 76.9 Å². The van der Waals surface area contributed by atoms with E-state index in [-0.39, 0.29) is 11.1 Å². The molecule has 0 aliphatic carbocycles. The molecule has 7 nitrogen and oxygen atoms in total. The summed E-state index contributed by atoms with van der Waals surface area (Å²) in [6, 6.07) is 22.2. The minimum Gasteiger partial charge on any atom is -0.322 e. The van der Waals surface area contributed by atoms with Crippen LogP contribution in [0, 0.1) is 6.92 Å². The third-order valence-corrected chi connectivity index (χ3v) is 7.90. The van der Waals surface area contributed by atoms with E-state index in [1.807, 2.05) is 41.9 Å². The lowest BCUT2D eigenvalue weighted by Gasteiger charge is -2.33. The summed E-state index contributed by atoms with van der Waals surface area (Å²) in [7, 11) is 0. The minimum atomic E-state index is -0.461. The van der Waals surface area contributed by atoms with Crippen LogP contribution >= 0.6 is 11.3 Å². The maximum Gasteiger partial charge on any atom is 0.253 e. The Morgan fingerprint density at radius 2 is 1.86 bits per heavy atom. The van der Waals surface area contributed by atoms with E-state index in [0.29, 0.717) is 24.5 Å². The highest BCUT2D eigenvalue weighted by Gasteiger charge is 2.34. The second-order valence-electron chi connectivity index (χ2n) is 10.1. The van der Waals surface area contributed by atoms with Gasteiger partial charge in [0.25, 0.3) is 5.56 Å². The van der Waals surface area contributed by atoms with E-state index in [0.717, 1.165) is 28.5 Å². The Labute approximate surface area is 220 Å². The third kappa shape index (κ3) is 5.26. The Bertz CT molecular complexity index is 1540. The number of H-pyrrole nitrogens is 1. The van der Waals surface area contributed by atoms with E-state index in [9.17, 15) is 4.79 Å². The van der Waals surface area contributed by atoms with Crippen LogP contribution in [0.25, 0.3) is 10.9 Å². The van der Waals surface area contributed by atoms with Crippen LogP contribution in [0.5, 0.6) is 0 Å². The SMILES string of the molecule is CCC(C)(C)n1nnnc1[C@H](c1cc2ccc(C)cc2[nH]c1=O)N(Cc1ccccc1)Cc1cccs1. The van der Waals surface area contributed by atoms with Gasteiger partial charge in [-0.3, -0.25) is 9.69 Å². The van der Waals surface area contributed by atoms with Crippen molar-refractivity contribution in [2.45, 2.75) is 58.8 Å². The largest absolute Gasteiger partial charge is 0.322 e. The number of fused-ring (bicyclic) bond motifs is 1. The van der Waals surface area contributed by atoms with Crippen LogP contribution in [-0.2, 0) is 18.6 Å². The number of hydrogen-bond acceptors (Lipinski definition) is 6. The van der Waals surface area contributed by atoms with Gasteiger partial charge in [0.05, 0.1) is 5.54 Å². The summed E-state index contributed by atoms with van der Waals surface area (Å²) < 4.78 is 1.89. The van der Waals surface area contributed by atoms with Crippen LogP contribution in [0.1, 0.15) is 60.6 Å². The Morgan fingerprint density at radius 3 is 2.59 bits per heavy atom. The van der Waals surface area contributed by atoms with Gasteiger partial charge in [0, 0.05) is 29.0 Å². The number of benzene rings is 2.